The van der Waals surface area contributed by atoms with Crippen LogP contribution in [0.3, 0.4) is 0 Å². The van der Waals surface area contributed by atoms with E-state index in [0.717, 1.165) is 0 Å². The summed E-state index contributed by atoms with van der Waals surface area (Å²) in [4.78, 5) is 12.9. The molecule has 2 aliphatic rings. The number of amides is 1. The Hall–Kier alpha value is -3.37. The summed E-state index contributed by atoms with van der Waals surface area (Å²) in [5, 5.41) is 9.73. The average Bonchev–Trinajstić information content (AvgIpc) is 3.36. The molecule has 154 valence electrons. The number of sulfonamides is 1. The van der Waals surface area contributed by atoms with Crippen molar-refractivity contribution in [3.05, 3.63) is 65.4 Å². The number of aromatic amines is 1. The van der Waals surface area contributed by atoms with Crippen LogP contribution in [0.1, 0.15) is 21.6 Å². The van der Waals surface area contributed by atoms with Crippen LogP contribution in [0.15, 0.2) is 53.4 Å². The van der Waals surface area contributed by atoms with E-state index in [1.807, 2.05) is 0 Å². The summed E-state index contributed by atoms with van der Waals surface area (Å²) in [5.74, 6) is 1.06. The van der Waals surface area contributed by atoms with Gasteiger partial charge in [-0.1, -0.05) is 18.2 Å². The van der Waals surface area contributed by atoms with E-state index in [1.54, 1.807) is 48.5 Å². The number of nitrogens with one attached hydrogen (secondary N) is 2. The number of nitrogens with zero attached hydrogens (tertiary/aromatic N) is 2. The van der Waals surface area contributed by atoms with E-state index in [1.165, 1.54) is 4.31 Å². The molecule has 1 aromatic heterocycles. The third-order valence-corrected chi connectivity index (χ3v) is 6.84. The number of ether oxygens (including phenoxy) is 2. The number of fused-ring (bicyclic) bond motifs is 2. The number of benzene rings is 2. The van der Waals surface area contributed by atoms with Crippen LogP contribution in [0.25, 0.3) is 0 Å². The van der Waals surface area contributed by atoms with Gasteiger partial charge in [-0.3, -0.25) is 9.89 Å². The lowest BCUT2D eigenvalue weighted by atomic mass is 10.1. The Labute approximate surface area is 172 Å². The van der Waals surface area contributed by atoms with Crippen molar-refractivity contribution >= 4 is 21.7 Å². The standard InChI is InChI=1S/C20H18N4O5S/c25-20(13-6-7-17-18(10-13)29-9-8-28-17)21-19-15-11-24(12-16(15)22-23-19)30(26,27)14-4-2-1-3-5-14/h1-7,10H,8-9,11-12H2,(H2,21,22,23,25). The lowest BCUT2D eigenvalue weighted by Crippen LogP contribution is -2.26. The molecule has 0 atom stereocenters. The topological polar surface area (TPSA) is 114 Å². The van der Waals surface area contributed by atoms with Crippen molar-refractivity contribution in [3.8, 4) is 11.5 Å². The van der Waals surface area contributed by atoms with E-state index in [2.05, 4.69) is 15.5 Å². The number of carbonyl (C=O) groups is 1. The summed E-state index contributed by atoms with van der Waals surface area (Å²) in [6.07, 6.45) is 0. The van der Waals surface area contributed by atoms with Crippen molar-refractivity contribution in [1.29, 1.82) is 0 Å². The van der Waals surface area contributed by atoms with Crippen LogP contribution in [0.5, 0.6) is 11.5 Å². The molecule has 0 saturated carbocycles. The van der Waals surface area contributed by atoms with Crippen LogP contribution in [0.2, 0.25) is 0 Å². The zero-order valence-electron chi connectivity index (χ0n) is 15.8. The second kappa shape index (κ2) is 7.15. The highest BCUT2D eigenvalue weighted by Gasteiger charge is 2.34. The minimum atomic E-state index is -3.64. The van der Waals surface area contributed by atoms with Gasteiger partial charge in [0.05, 0.1) is 17.1 Å². The predicted molar refractivity (Wildman–Crippen MR) is 107 cm³/mol. The molecule has 30 heavy (non-hydrogen) atoms. The Balaban J connectivity index is 1.35. The van der Waals surface area contributed by atoms with Gasteiger partial charge < -0.3 is 14.8 Å². The zero-order valence-corrected chi connectivity index (χ0v) is 16.6. The van der Waals surface area contributed by atoms with Gasteiger partial charge in [0.15, 0.2) is 17.3 Å². The molecular formula is C20H18N4O5S. The lowest BCUT2D eigenvalue weighted by molar-refractivity contribution is 0.102. The van der Waals surface area contributed by atoms with Crippen molar-refractivity contribution in [1.82, 2.24) is 14.5 Å². The van der Waals surface area contributed by atoms with Crippen LogP contribution in [-0.4, -0.2) is 42.0 Å². The molecule has 0 spiro atoms. The van der Waals surface area contributed by atoms with Gasteiger partial charge in [-0.15, -0.1) is 0 Å². The Morgan fingerprint density at radius 3 is 2.60 bits per heavy atom. The van der Waals surface area contributed by atoms with Crippen LogP contribution in [0.4, 0.5) is 5.82 Å². The molecule has 2 N–H and O–H groups in total. The first-order valence-corrected chi connectivity index (χ1v) is 10.8. The van der Waals surface area contributed by atoms with E-state index in [-0.39, 0.29) is 23.9 Å². The summed E-state index contributed by atoms with van der Waals surface area (Å²) >= 11 is 0. The van der Waals surface area contributed by atoms with Gasteiger partial charge in [-0.2, -0.15) is 9.40 Å². The highest BCUT2D eigenvalue weighted by Crippen LogP contribution is 2.33. The van der Waals surface area contributed by atoms with E-state index in [0.29, 0.717) is 47.4 Å². The third kappa shape index (κ3) is 3.19. The molecule has 9 nitrogen and oxygen atoms in total. The van der Waals surface area contributed by atoms with Gasteiger partial charge in [0, 0.05) is 17.7 Å². The van der Waals surface area contributed by atoms with E-state index in [9.17, 15) is 13.2 Å². The second-order valence-corrected chi connectivity index (χ2v) is 8.87. The SMILES string of the molecule is O=C(Nc1n[nH]c2c1CN(S(=O)(=O)c1ccccc1)C2)c1ccc2c(c1)OCCO2. The number of hydrogen-bond acceptors (Lipinski definition) is 6. The van der Waals surface area contributed by atoms with Gasteiger partial charge >= 0.3 is 0 Å². The average molecular weight is 426 g/mol. The van der Waals surface area contributed by atoms with E-state index >= 15 is 0 Å². The lowest BCUT2D eigenvalue weighted by Gasteiger charge is -2.18. The monoisotopic (exact) mass is 426 g/mol. The number of carbonyl (C=O) groups excluding carboxylic acids is 1. The summed E-state index contributed by atoms with van der Waals surface area (Å²) in [5.41, 5.74) is 1.70. The van der Waals surface area contributed by atoms with Gasteiger partial charge in [0.1, 0.15) is 13.2 Å². The van der Waals surface area contributed by atoms with Crippen molar-refractivity contribution in [2.75, 3.05) is 18.5 Å². The molecule has 5 rings (SSSR count). The van der Waals surface area contributed by atoms with Crippen molar-refractivity contribution in [2.45, 2.75) is 18.0 Å². The number of anilines is 1. The first kappa shape index (κ1) is 18.6. The largest absolute Gasteiger partial charge is 0.486 e. The molecule has 0 radical (unpaired) electrons. The molecule has 0 bridgehead atoms. The van der Waals surface area contributed by atoms with Crippen molar-refractivity contribution < 1.29 is 22.7 Å². The zero-order chi connectivity index (χ0) is 20.7. The minimum Gasteiger partial charge on any atom is -0.486 e. The Bertz CT molecular complexity index is 1220. The first-order valence-electron chi connectivity index (χ1n) is 9.35. The smallest absolute Gasteiger partial charge is 0.257 e. The van der Waals surface area contributed by atoms with E-state index in [4.69, 9.17) is 9.47 Å². The number of hydrogen-bond donors (Lipinski definition) is 2. The quantitative estimate of drug-likeness (QED) is 0.661. The molecule has 1 amide bonds. The molecule has 0 fully saturated rings. The Morgan fingerprint density at radius 2 is 1.80 bits per heavy atom. The summed E-state index contributed by atoms with van der Waals surface area (Å²) in [6.45, 7) is 1.19. The fourth-order valence-electron chi connectivity index (χ4n) is 3.49. The molecular weight excluding hydrogens is 408 g/mol. The fourth-order valence-corrected chi connectivity index (χ4v) is 4.89. The molecule has 0 saturated heterocycles. The summed E-state index contributed by atoms with van der Waals surface area (Å²) in [6, 6.07) is 13.2. The molecule has 2 aromatic carbocycles. The predicted octanol–water partition coefficient (Wildman–Crippen LogP) is 2.14. The van der Waals surface area contributed by atoms with Crippen LogP contribution < -0.4 is 14.8 Å². The minimum absolute atomic E-state index is 0.125. The van der Waals surface area contributed by atoms with Crippen molar-refractivity contribution in [2.24, 2.45) is 0 Å². The Kier molecular flexibility index (Phi) is 4.44. The van der Waals surface area contributed by atoms with Gasteiger partial charge in [0.2, 0.25) is 10.0 Å². The maximum Gasteiger partial charge on any atom is 0.257 e. The highest BCUT2D eigenvalue weighted by molar-refractivity contribution is 7.89. The molecule has 3 aromatic rings. The number of aromatic nitrogens is 2. The van der Waals surface area contributed by atoms with Crippen LogP contribution in [0, 0.1) is 0 Å². The molecule has 0 unspecified atom stereocenters. The maximum absolute atomic E-state index is 12.9. The van der Waals surface area contributed by atoms with Gasteiger partial charge in [-0.25, -0.2) is 8.42 Å². The normalized spacial score (nSPS) is 15.6. The summed E-state index contributed by atoms with van der Waals surface area (Å²) in [7, 11) is -3.64. The van der Waals surface area contributed by atoms with Gasteiger partial charge in [-0.05, 0) is 30.3 Å². The van der Waals surface area contributed by atoms with Crippen LogP contribution in [-0.2, 0) is 23.1 Å². The van der Waals surface area contributed by atoms with E-state index < -0.39 is 10.0 Å². The third-order valence-electron chi connectivity index (χ3n) is 5.04. The van der Waals surface area contributed by atoms with Crippen LogP contribution >= 0.6 is 0 Å². The van der Waals surface area contributed by atoms with Gasteiger partial charge in [0.25, 0.3) is 5.91 Å². The van der Waals surface area contributed by atoms with Crippen molar-refractivity contribution in [3.63, 3.8) is 0 Å². The highest BCUT2D eigenvalue weighted by atomic mass is 32.2. The Morgan fingerprint density at radius 1 is 1.03 bits per heavy atom. The molecule has 2 aliphatic heterocycles. The molecule has 3 heterocycles. The second-order valence-electron chi connectivity index (χ2n) is 6.93. The number of H-pyrrole nitrogens is 1. The molecule has 10 heteroatoms. The number of rotatable bonds is 4. The molecule has 0 aliphatic carbocycles. The summed E-state index contributed by atoms with van der Waals surface area (Å²) < 4.78 is 38.1. The fraction of sp³-hybridized carbons (Fsp3) is 0.200. The maximum atomic E-state index is 12.9. The first-order chi connectivity index (χ1) is 14.5.